The highest BCUT2D eigenvalue weighted by Gasteiger charge is 2.36. The molecule has 11 aromatic rings. The number of fused-ring (bicyclic) bond motifs is 13. The van der Waals surface area contributed by atoms with Crippen molar-refractivity contribution in [1.29, 1.82) is 0 Å². The van der Waals surface area contributed by atoms with Crippen LogP contribution in [-0.2, 0) is 5.41 Å². The zero-order chi connectivity index (χ0) is 35.0. The summed E-state index contributed by atoms with van der Waals surface area (Å²) < 4.78 is 5.41. The average Bonchev–Trinajstić information content (AvgIpc) is 3.83. The maximum Gasteiger partial charge on any atom is 0.0361 e. The number of hydrogen-bond donors (Lipinski definition) is 0. The fourth-order valence-electron chi connectivity index (χ4n) is 9.56. The van der Waals surface area contributed by atoms with Gasteiger partial charge in [-0.2, -0.15) is 0 Å². The smallest absolute Gasteiger partial charge is 0.0361 e. The predicted molar refractivity (Wildman–Crippen MR) is 233 cm³/mol. The van der Waals surface area contributed by atoms with Crippen LogP contribution in [0.2, 0.25) is 0 Å². The van der Waals surface area contributed by atoms with E-state index < -0.39 is 0 Å². The fourth-order valence-corrected chi connectivity index (χ4v) is 11.8. The topological polar surface area (TPSA) is 0 Å². The van der Waals surface area contributed by atoms with Crippen LogP contribution in [0, 0.1) is 0 Å². The van der Waals surface area contributed by atoms with Gasteiger partial charge < -0.3 is 0 Å². The van der Waals surface area contributed by atoms with Crippen LogP contribution < -0.4 is 0 Å². The van der Waals surface area contributed by atoms with Crippen LogP contribution in [0.3, 0.4) is 0 Å². The molecular formula is C51H32S2. The third-order valence-corrected chi connectivity index (χ3v) is 14.3. The Balaban J connectivity index is 1.08. The molecule has 0 N–H and O–H groups in total. The van der Waals surface area contributed by atoms with E-state index in [9.17, 15) is 0 Å². The predicted octanol–water partition coefficient (Wildman–Crippen LogP) is 15.5. The number of hydrogen-bond acceptors (Lipinski definition) is 2. The van der Waals surface area contributed by atoms with Crippen molar-refractivity contribution in [1.82, 2.24) is 0 Å². The number of benzene rings is 9. The van der Waals surface area contributed by atoms with E-state index in [1.165, 1.54) is 117 Å². The van der Waals surface area contributed by atoms with E-state index in [0.29, 0.717) is 0 Å². The molecule has 2 heterocycles. The standard InChI is InChI=1S/C51H32S2/c1-51(2)42-25-30(19-22-33(42)40-27-41-47(28-43(40)51)53-45-24-21-29-11-3-4-12-32(29)50(41)45)48-36-14-5-7-16-38(36)49(39-17-8-6-15-37(39)48)31-20-23-35-34-13-9-10-18-44(34)52-46(35)26-31/h3-28H,1-2H3. The first kappa shape index (κ1) is 29.7. The highest BCUT2D eigenvalue weighted by atomic mass is 32.1. The molecule has 2 heteroatoms. The lowest BCUT2D eigenvalue weighted by molar-refractivity contribution is 0.661. The van der Waals surface area contributed by atoms with Crippen molar-refractivity contribution in [3.05, 3.63) is 169 Å². The highest BCUT2D eigenvalue weighted by molar-refractivity contribution is 7.26. The molecule has 248 valence electrons. The molecule has 9 aromatic carbocycles. The Morgan fingerprint density at radius 3 is 1.64 bits per heavy atom. The maximum atomic E-state index is 2.51. The molecule has 0 saturated heterocycles. The Labute approximate surface area is 315 Å². The molecule has 0 amide bonds. The minimum absolute atomic E-state index is 0.127. The Bertz CT molecular complexity index is 3310. The first-order chi connectivity index (χ1) is 26.0. The van der Waals surface area contributed by atoms with Gasteiger partial charge in [-0.15, -0.1) is 22.7 Å². The SMILES string of the molecule is CC1(C)c2cc(-c3c4ccccc4c(-c4ccc5c(c4)sc4ccccc45)c4ccccc34)ccc2-c2cc3c(cc21)sc1ccc2ccccc2c13. The van der Waals surface area contributed by atoms with Crippen LogP contribution in [0.4, 0.5) is 0 Å². The summed E-state index contributed by atoms with van der Waals surface area (Å²) in [4.78, 5) is 0. The minimum atomic E-state index is -0.127. The molecular weight excluding hydrogens is 677 g/mol. The van der Waals surface area contributed by atoms with E-state index in [1.807, 2.05) is 22.7 Å². The molecule has 0 spiro atoms. The lowest BCUT2D eigenvalue weighted by Crippen LogP contribution is -2.15. The summed E-state index contributed by atoms with van der Waals surface area (Å²) in [5, 5.41) is 13.3. The third-order valence-electron chi connectivity index (χ3n) is 12.0. The van der Waals surface area contributed by atoms with Gasteiger partial charge in [-0.3, -0.25) is 0 Å². The normalized spacial score (nSPS) is 13.6. The van der Waals surface area contributed by atoms with E-state index in [4.69, 9.17) is 0 Å². The maximum absolute atomic E-state index is 2.51. The summed E-state index contributed by atoms with van der Waals surface area (Å²) in [6, 6.07) is 59.6. The second-order valence-electron chi connectivity index (χ2n) is 15.2. The Morgan fingerprint density at radius 2 is 0.906 bits per heavy atom. The van der Waals surface area contributed by atoms with Crippen molar-refractivity contribution >= 4 is 95.3 Å². The molecule has 0 atom stereocenters. The summed E-state index contributed by atoms with van der Waals surface area (Å²) in [7, 11) is 0. The van der Waals surface area contributed by atoms with E-state index >= 15 is 0 Å². The molecule has 0 aliphatic heterocycles. The number of rotatable bonds is 2. The largest absolute Gasteiger partial charge is 0.135 e. The fraction of sp³-hybridized carbons (Fsp3) is 0.0588. The quantitative estimate of drug-likeness (QED) is 0.157. The van der Waals surface area contributed by atoms with Crippen LogP contribution in [-0.4, -0.2) is 0 Å². The highest BCUT2D eigenvalue weighted by Crippen LogP contribution is 2.54. The molecule has 0 fully saturated rings. The summed E-state index contributed by atoms with van der Waals surface area (Å²) in [6.07, 6.45) is 0. The molecule has 53 heavy (non-hydrogen) atoms. The first-order valence-corrected chi connectivity index (χ1v) is 20.1. The summed E-state index contributed by atoms with van der Waals surface area (Å²) in [5.74, 6) is 0. The van der Waals surface area contributed by atoms with Gasteiger partial charge in [0.05, 0.1) is 0 Å². The van der Waals surface area contributed by atoms with Gasteiger partial charge in [0, 0.05) is 45.8 Å². The van der Waals surface area contributed by atoms with Crippen molar-refractivity contribution in [2.45, 2.75) is 19.3 Å². The van der Waals surface area contributed by atoms with E-state index in [1.54, 1.807) is 0 Å². The third kappa shape index (κ3) is 4.05. The summed E-state index contributed by atoms with van der Waals surface area (Å²) >= 11 is 3.82. The van der Waals surface area contributed by atoms with Gasteiger partial charge in [0.2, 0.25) is 0 Å². The molecule has 0 radical (unpaired) electrons. The minimum Gasteiger partial charge on any atom is -0.135 e. The van der Waals surface area contributed by atoms with Crippen LogP contribution in [0.25, 0.3) is 106 Å². The molecule has 0 saturated carbocycles. The Kier molecular flexibility index (Phi) is 5.97. The van der Waals surface area contributed by atoms with Gasteiger partial charge >= 0.3 is 0 Å². The van der Waals surface area contributed by atoms with Crippen LogP contribution in [0.5, 0.6) is 0 Å². The van der Waals surface area contributed by atoms with Gasteiger partial charge in [-0.05, 0) is 113 Å². The first-order valence-electron chi connectivity index (χ1n) is 18.4. The molecule has 0 bridgehead atoms. The van der Waals surface area contributed by atoms with Gasteiger partial charge in [0.15, 0.2) is 0 Å². The summed E-state index contributed by atoms with van der Waals surface area (Å²) in [5.41, 5.74) is 10.6. The molecule has 12 rings (SSSR count). The van der Waals surface area contributed by atoms with Gasteiger partial charge in [0.1, 0.15) is 0 Å². The molecule has 2 aromatic heterocycles. The van der Waals surface area contributed by atoms with Crippen LogP contribution >= 0.6 is 22.7 Å². The number of thiophene rings is 2. The van der Waals surface area contributed by atoms with Crippen molar-refractivity contribution in [2.24, 2.45) is 0 Å². The van der Waals surface area contributed by atoms with Crippen molar-refractivity contribution in [3.8, 4) is 33.4 Å². The van der Waals surface area contributed by atoms with Gasteiger partial charge in [-0.1, -0.05) is 135 Å². The second kappa shape index (κ2) is 10.6. The van der Waals surface area contributed by atoms with Gasteiger partial charge in [0.25, 0.3) is 0 Å². The van der Waals surface area contributed by atoms with E-state index in [2.05, 4.69) is 172 Å². The lowest BCUT2D eigenvalue weighted by atomic mass is 9.80. The Morgan fingerprint density at radius 1 is 0.358 bits per heavy atom. The zero-order valence-corrected chi connectivity index (χ0v) is 31.0. The summed E-state index contributed by atoms with van der Waals surface area (Å²) in [6.45, 7) is 4.83. The monoisotopic (exact) mass is 708 g/mol. The molecule has 0 nitrogen and oxygen atoms in total. The second-order valence-corrected chi connectivity index (χ2v) is 17.4. The van der Waals surface area contributed by atoms with Crippen molar-refractivity contribution in [2.75, 3.05) is 0 Å². The van der Waals surface area contributed by atoms with Crippen molar-refractivity contribution < 1.29 is 0 Å². The zero-order valence-electron chi connectivity index (χ0n) is 29.3. The van der Waals surface area contributed by atoms with Crippen LogP contribution in [0.1, 0.15) is 25.0 Å². The average molecular weight is 709 g/mol. The molecule has 0 unspecified atom stereocenters. The van der Waals surface area contributed by atoms with Crippen LogP contribution in [0.15, 0.2) is 158 Å². The Hall–Kier alpha value is -5.80. The van der Waals surface area contributed by atoms with E-state index in [-0.39, 0.29) is 5.41 Å². The van der Waals surface area contributed by atoms with E-state index in [0.717, 1.165) is 0 Å². The molecule has 1 aliphatic carbocycles. The molecule has 1 aliphatic rings. The lowest BCUT2D eigenvalue weighted by Gasteiger charge is -2.23. The van der Waals surface area contributed by atoms with Gasteiger partial charge in [-0.25, -0.2) is 0 Å². The van der Waals surface area contributed by atoms with Crippen molar-refractivity contribution in [3.63, 3.8) is 0 Å².